The van der Waals surface area contributed by atoms with Crippen molar-refractivity contribution >= 4 is 5.91 Å². The van der Waals surface area contributed by atoms with Crippen molar-refractivity contribution in [1.29, 1.82) is 0 Å². The fourth-order valence-corrected chi connectivity index (χ4v) is 4.10. The predicted octanol–water partition coefficient (Wildman–Crippen LogP) is 3.44. The zero-order valence-corrected chi connectivity index (χ0v) is 16.6. The molecule has 0 unspecified atom stereocenters. The van der Waals surface area contributed by atoms with Crippen molar-refractivity contribution in [2.24, 2.45) is 13.0 Å². The Bertz CT molecular complexity index is 1010. The van der Waals surface area contributed by atoms with Crippen molar-refractivity contribution in [2.75, 3.05) is 13.1 Å². The Hall–Kier alpha value is -2.96. The van der Waals surface area contributed by atoms with Gasteiger partial charge in [0, 0.05) is 38.0 Å². The molecule has 1 aliphatic heterocycles. The minimum absolute atomic E-state index is 0.0380. The van der Waals surface area contributed by atoms with Gasteiger partial charge >= 0.3 is 0 Å². The van der Waals surface area contributed by atoms with Crippen LogP contribution >= 0.6 is 0 Å². The molecule has 2 aromatic heterocycles. The number of piperidine rings is 1. The van der Waals surface area contributed by atoms with Gasteiger partial charge in [-0.2, -0.15) is 10.1 Å². The highest BCUT2D eigenvalue weighted by Gasteiger charge is 2.31. The minimum Gasteiger partial charge on any atom is -0.339 e. The zero-order valence-electron chi connectivity index (χ0n) is 16.6. The third kappa shape index (κ3) is 3.81. The first-order chi connectivity index (χ1) is 14.2. The minimum atomic E-state index is 0.0380. The molecule has 7 nitrogen and oxygen atoms in total. The number of amides is 1. The molecule has 5 rings (SSSR count). The molecular formula is C22H25N5O2. The molecule has 2 aliphatic rings. The van der Waals surface area contributed by atoms with Gasteiger partial charge in [0.05, 0.1) is 5.69 Å². The van der Waals surface area contributed by atoms with Crippen molar-refractivity contribution in [3.05, 3.63) is 53.8 Å². The molecule has 1 amide bonds. The van der Waals surface area contributed by atoms with Crippen LogP contribution in [-0.2, 0) is 13.5 Å². The lowest BCUT2D eigenvalue weighted by atomic mass is 9.94. The summed E-state index contributed by atoms with van der Waals surface area (Å²) in [5.74, 6) is 2.45. The Labute approximate surface area is 169 Å². The number of likely N-dealkylation sites (tertiary alicyclic amines) is 1. The average Bonchev–Trinajstić information content (AvgIpc) is 3.38. The molecule has 0 spiro atoms. The van der Waals surface area contributed by atoms with Crippen molar-refractivity contribution in [3.8, 4) is 11.3 Å². The van der Waals surface area contributed by atoms with E-state index in [4.69, 9.17) is 4.52 Å². The number of benzene rings is 1. The molecule has 0 bridgehead atoms. The van der Waals surface area contributed by atoms with Crippen LogP contribution in [0.15, 0.2) is 40.9 Å². The van der Waals surface area contributed by atoms with Crippen LogP contribution in [0.2, 0.25) is 0 Å². The molecule has 3 heterocycles. The molecular weight excluding hydrogens is 366 g/mol. The molecule has 0 N–H and O–H groups in total. The lowest BCUT2D eigenvalue weighted by Crippen LogP contribution is -2.41. The number of nitrogens with zero attached hydrogens (tertiary/aromatic N) is 5. The second kappa shape index (κ2) is 7.46. The second-order valence-corrected chi connectivity index (χ2v) is 8.19. The Morgan fingerprint density at radius 3 is 2.83 bits per heavy atom. The second-order valence-electron chi connectivity index (χ2n) is 8.19. The maximum Gasteiger partial charge on any atom is 0.272 e. The molecule has 1 saturated heterocycles. The summed E-state index contributed by atoms with van der Waals surface area (Å²) in [5, 5.41) is 8.65. The fourth-order valence-electron chi connectivity index (χ4n) is 4.10. The normalized spacial score (nSPS) is 19.5. The Morgan fingerprint density at radius 2 is 2.03 bits per heavy atom. The maximum absolute atomic E-state index is 13.2. The van der Waals surface area contributed by atoms with E-state index < -0.39 is 0 Å². The first-order valence-electron chi connectivity index (χ1n) is 10.4. The number of carbonyl (C=O) groups excluding carboxylic acids is 1. The van der Waals surface area contributed by atoms with E-state index in [0.29, 0.717) is 30.0 Å². The lowest BCUT2D eigenvalue weighted by Gasteiger charge is -2.32. The van der Waals surface area contributed by atoms with Gasteiger partial charge in [0.1, 0.15) is 5.69 Å². The molecule has 3 aromatic rings. The SMILES string of the molecule is Cn1nc(-c2ccccc2)cc1C(=O)N1CCC[C@H](Cc2nc(C3CC3)no2)C1. The molecule has 150 valence electrons. The van der Waals surface area contributed by atoms with Crippen LogP contribution in [0.1, 0.15) is 53.8 Å². The van der Waals surface area contributed by atoms with Gasteiger partial charge in [0.2, 0.25) is 5.89 Å². The van der Waals surface area contributed by atoms with Crippen LogP contribution in [0.3, 0.4) is 0 Å². The quantitative estimate of drug-likeness (QED) is 0.666. The number of carbonyl (C=O) groups is 1. The molecule has 29 heavy (non-hydrogen) atoms. The van der Waals surface area contributed by atoms with E-state index in [9.17, 15) is 4.79 Å². The zero-order chi connectivity index (χ0) is 19.8. The van der Waals surface area contributed by atoms with E-state index in [1.807, 2.05) is 48.3 Å². The summed E-state index contributed by atoms with van der Waals surface area (Å²) in [4.78, 5) is 19.7. The van der Waals surface area contributed by atoms with E-state index in [0.717, 1.165) is 42.9 Å². The number of hydrogen-bond donors (Lipinski definition) is 0. The third-order valence-electron chi connectivity index (χ3n) is 5.86. The van der Waals surface area contributed by atoms with E-state index >= 15 is 0 Å². The van der Waals surface area contributed by atoms with Gasteiger partial charge in [-0.05, 0) is 37.7 Å². The summed E-state index contributed by atoms with van der Waals surface area (Å²) in [7, 11) is 1.83. The Balaban J connectivity index is 1.27. The van der Waals surface area contributed by atoms with Crippen LogP contribution in [0.25, 0.3) is 11.3 Å². The first kappa shape index (κ1) is 18.1. The van der Waals surface area contributed by atoms with Gasteiger partial charge in [0.25, 0.3) is 5.91 Å². The molecule has 0 radical (unpaired) electrons. The van der Waals surface area contributed by atoms with Crippen LogP contribution in [0.5, 0.6) is 0 Å². The first-order valence-corrected chi connectivity index (χ1v) is 10.4. The van der Waals surface area contributed by atoms with Crippen LogP contribution < -0.4 is 0 Å². The summed E-state index contributed by atoms with van der Waals surface area (Å²) in [6.07, 6.45) is 5.14. The highest BCUT2D eigenvalue weighted by Crippen LogP contribution is 2.38. The van der Waals surface area contributed by atoms with Crippen LogP contribution in [0, 0.1) is 5.92 Å². The lowest BCUT2D eigenvalue weighted by molar-refractivity contribution is 0.0657. The summed E-state index contributed by atoms with van der Waals surface area (Å²) >= 11 is 0. The van der Waals surface area contributed by atoms with E-state index in [1.54, 1.807) is 4.68 Å². The fraction of sp³-hybridized carbons (Fsp3) is 0.455. The summed E-state index contributed by atoms with van der Waals surface area (Å²) < 4.78 is 7.13. The largest absolute Gasteiger partial charge is 0.339 e. The molecule has 1 aromatic carbocycles. The maximum atomic E-state index is 13.2. The molecule has 1 atom stereocenters. The highest BCUT2D eigenvalue weighted by molar-refractivity contribution is 5.93. The number of aromatic nitrogens is 4. The predicted molar refractivity (Wildman–Crippen MR) is 107 cm³/mol. The summed E-state index contributed by atoms with van der Waals surface area (Å²) in [5.41, 5.74) is 2.46. The van der Waals surface area contributed by atoms with Gasteiger partial charge in [0.15, 0.2) is 5.82 Å². The number of rotatable bonds is 5. The van der Waals surface area contributed by atoms with Gasteiger partial charge in [-0.15, -0.1) is 0 Å². The van der Waals surface area contributed by atoms with E-state index in [2.05, 4.69) is 15.2 Å². The molecule has 7 heteroatoms. The highest BCUT2D eigenvalue weighted by atomic mass is 16.5. The van der Waals surface area contributed by atoms with Crippen molar-refractivity contribution in [3.63, 3.8) is 0 Å². The van der Waals surface area contributed by atoms with Gasteiger partial charge in [-0.1, -0.05) is 35.5 Å². The molecule has 1 aliphatic carbocycles. The van der Waals surface area contributed by atoms with Crippen molar-refractivity contribution < 1.29 is 9.32 Å². The van der Waals surface area contributed by atoms with Crippen LogP contribution in [-0.4, -0.2) is 43.8 Å². The van der Waals surface area contributed by atoms with Crippen LogP contribution in [0.4, 0.5) is 0 Å². The summed E-state index contributed by atoms with van der Waals surface area (Å²) in [6.45, 7) is 1.49. The van der Waals surface area contributed by atoms with E-state index in [-0.39, 0.29) is 5.91 Å². The van der Waals surface area contributed by atoms with Crippen molar-refractivity contribution in [2.45, 2.75) is 38.0 Å². The monoisotopic (exact) mass is 391 g/mol. The standard InChI is InChI=1S/C22H25N5O2/c1-26-19(13-18(24-26)16-7-3-2-4-8-16)22(28)27-11-5-6-15(14-27)12-20-23-21(25-29-20)17-9-10-17/h2-4,7-8,13,15,17H,5-6,9-12,14H2,1H3/t15-/m1/s1. The summed E-state index contributed by atoms with van der Waals surface area (Å²) in [6, 6.07) is 11.8. The van der Waals surface area contributed by atoms with E-state index in [1.165, 1.54) is 12.8 Å². The Morgan fingerprint density at radius 1 is 1.21 bits per heavy atom. The third-order valence-corrected chi connectivity index (χ3v) is 5.86. The van der Waals surface area contributed by atoms with Gasteiger partial charge in [-0.25, -0.2) is 0 Å². The van der Waals surface area contributed by atoms with Gasteiger partial charge < -0.3 is 9.42 Å². The number of aryl methyl sites for hydroxylation is 1. The smallest absolute Gasteiger partial charge is 0.272 e. The van der Waals surface area contributed by atoms with Crippen molar-refractivity contribution in [1.82, 2.24) is 24.8 Å². The van der Waals surface area contributed by atoms with Gasteiger partial charge in [-0.3, -0.25) is 9.48 Å². The Kier molecular flexibility index (Phi) is 4.66. The molecule has 1 saturated carbocycles. The number of hydrogen-bond acceptors (Lipinski definition) is 5. The topological polar surface area (TPSA) is 77.1 Å². The average molecular weight is 391 g/mol. The molecule has 2 fully saturated rings.